The molecule has 0 saturated carbocycles. The van der Waals surface area contributed by atoms with Gasteiger partial charge >= 0.3 is 0 Å². The predicted octanol–water partition coefficient (Wildman–Crippen LogP) is 4.48. The minimum atomic E-state index is 0. The second-order valence-electron chi connectivity index (χ2n) is 9.69. The molecule has 8 nitrogen and oxygen atoms in total. The number of anilines is 1. The molecule has 6 rings (SSSR count). The van der Waals surface area contributed by atoms with E-state index in [1.165, 1.54) is 25.7 Å². The minimum Gasteiger partial charge on any atom is -0.356 e. The van der Waals surface area contributed by atoms with E-state index in [2.05, 4.69) is 44.7 Å². The van der Waals surface area contributed by atoms with E-state index in [0.717, 1.165) is 59.8 Å². The molecule has 1 N–H and O–H groups in total. The standard InChI is InChI=1S/C26H28N8.2ClH/c1-32-16-22(15-30-32)20-11-23(25-21(12-27)14-31-34(25)17-20)19-3-4-24(29-13-19)33-10-2-5-26(18-33)6-8-28-9-7-26;;/h3-4,11,13-17,28H,2,5-10,18H2,1H3;2*1H. The van der Waals surface area contributed by atoms with E-state index >= 15 is 0 Å². The molecule has 2 saturated heterocycles. The number of halogens is 2. The van der Waals surface area contributed by atoms with Crippen LogP contribution in [0.1, 0.15) is 31.2 Å². The predicted molar refractivity (Wildman–Crippen MR) is 146 cm³/mol. The van der Waals surface area contributed by atoms with E-state index in [4.69, 9.17) is 4.98 Å². The third kappa shape index (κ3) is 4.66. The summed E-state index contributed by atoms with van der Waals surface area (Å²) in [5.41, 5.74) is 5.71. The third-order valence-electron chi connectivity index (χ3n) is 7.48. The lowest BCUT2D eigenvalue weighted by atomic mass is 9.73. The zero-order valence-electron chi connectivity index (χ0n) is 20.2. The van der Waals surface area contributed by atoms with Crippen LogP contribution in [-0.2, 0) is 7.05 Å². The first kappa shape index (κ1) is 26.0. The molecule has 0 radical (unpaired) electrons. The number of hydrogen-bond donors (Lipinski definition) is 1. The van der Waals surface area contributed by atoms with Crippen molar-refractivity contribution in [3.05, 3.63) is 54.7 Å². The first-order valence-electron chi connectivity index (χ1n) is 12.0. The first-order chi connectivity index (χ1) is 16.6. The average Bonchev–Trinajstić information content (AvgIpc) is 3.50. The molecule has 4 aromatic rings. The molecule has 2 aliphatic rings. The molecule has 10 heteroatoms. The number of nitriles is 1. The number of hydrogen-bond acceptors (Lipinski definition) is 6. The molecule has 36 heavy (non-hydrogen) atoms. The highest BCUT2D eigenvalue weighted by atomic mass is 35.5. The molecule has 0 aliphatic carbocycles. The summed E-state index contributed by atoms with van der Waals surface area (Å²) in [6.07, 6.45) is 14.4. The topological polar surface area (TPSA) is 87.1 Å². The Kier molecular flexibility index (Phi) is 7.55. The third-order valence-corrected chi connectivity index (χ3v) is 7.48. The Labute approximate surface area is 223 Å². The molecule has 188 valence electrons. The van der Waals surface area contributed by atoms with Gasteiger partial charge in [-0.2, -0.15) is 15.5 Å². The molecule has 2 fully saturated rings. The van der Waals surface area contributed by atoms with Crippen molar-refractivity contribution in [2.24, 2.45) is 12.5 Å². The summed E-state index contributed by atoms with van der Waals surface area (Å²) in [7, 11) is 1.90. The van der Waals surface area contributed by atoms with Gasteiger partial charge in [-0.3, -0.25) is 4.68 Å². The van der Waals surface area contributed by atoms with Crippen molar-refractivity contribution in [2.45, 2.75) is 25.7 Å². The molecule has 0 unspecified atom stereocenters. The summed E-state index contributed by atoms with van der Waals surface area (Å²) in [6.45, 7) is 4.39. The van der Waals surface area contributed by atoms with Crippen LogP contribution in [0.5, 0.6) is 0 Å². The summed E-state index contributed by atoms with van der Waals surface area (Å²) in [5.74, 6) is 1.04. The second kappa shape index (κ2) is 10.5. The van der Waals surface area contributed by atoms with Crippen molar-refractivity contribution in [3.8, 4) is 28.3 Å². The summed E-state index contributed by atoms with van der Waals surface area (Å²) in [4.78, 5) is 7.35. The van der Waals surface area contributed by atoms with Crippen molar-refractivity contribution < 1.29 is 0 Å². The largest absolute Gasteiger partial charge is 0.356 e. The van der Waals surface area contributed by atoms with E-state index in [1.807, 2.05) is 31.8 Å². The molecule has 1 spiro atoms. The van der Waals surface area contributed by atoms with Gasteiger partial charge in [0.1, 0.15) is 11.9 Å². The fraction of sp³-hybridized carbons (Fsp3) is 0.385. The summed E-state index contributed by atoms with van der Waals surface area (Å²) >= 11 is 0. The van der Waals surface area contributed by atoms with Crippen molar-refractivity contribution in [1.29, 1.82) is 5.26 Å². The van der Waals surface area contributed by atoms with Gasteiger partial charge in [0.05, 0.1) is 23.5 Å². The van der Waals surface area contributed by atoms with Crippen molar-refractivity contribution in [1.82, 2.24) is 29.7 Å². The van der Waals surface area contributed by atoms with Crippen LogP contribution in [0.15, 0.2) is 49.2 Å². The SMILES string of the molecule is Cl.Cl.Cn1cc(-c2cc(-c3ccc(N4CCCC5(CCNCC5)C4)nc3)c3c(C#N)cnn3c2)cn1. The van der Waals surface area contributed by atoms with Gasteiger partial charge in [0.25, 0.3) is 0 Å². The molecular weight excluding hydrogens is 495 g/mol. The maximum absolute atomic E-state index is 9.68. The first-order valence-corrected chi connectivity index (χ1v) is 12.0. The Morgan fingerprint density at radius 1 is 0.972 bits per heavy atom. The smallest absolute Gasteiger partial charge is 0.128 e. The number of pyridine rings is 2. The van der Waals surface area contributed by atoms with Gasteiger partial charge in [-0.15, -0.1) is 24.8 Å². The maximum atomic E-state index is 9.68. The van der Waals surface area contributed by atoms with Gasteiger partial charge in [-0.25, -0.2) is 9.50 Å². The van der Waals surface area contributed by atoms with E-state index in [-0.39, 0.29) is 24.8 Å². The zero-order valence-corrected chi connectivity index (χ0v) is 21.9. The molecule has 0 aromatic carbocycles. The Balaban J connectivity index is 0.00000152. The van der Waals surface area contributed by atoms with Crippen LogP contribution < -0.4 is 10.2 Å². The zero-order chi connectivity index (χ0) is 23.1. The molecule has 4 aromatic heterocycles. The fourth-order valence-corrected chi connectivity index (χ4v) is 5.65. The van der Waals surface area contributed by atoms with Crippen LogP contribution in [0, 0.1) is 16.7 Å². The van der Waals surface area contributed by atoms with Crippen LogP contribution in [0.2, 0.25) is 0 Å². The van der Waals surface area contributed by atoms with Crippen molar-refractivity contribution in [3.63, 3.8) is 0 Å². The maximum Gasteiger partial charge on any atom is 0.128 e. The van der Waals surface area contributed by atoms with Gasteiger partial charge in [0.15, 0.2) is 0 Å². The lowest BCUT2D eigenvalue weighted by molar-refractivity contribution is 0.166. The number of nitrogens with zero attached hydrogens (tertiary/aromatic N) is 7. The van der Waals surface area contributed by atoms with Gasteiger partial charge in [-0.05, 0) is 62.4 Å². The van der Waals surface area contributed by atoms with Crippen molar-refractivity contribution >= 4 is 36.1 Å². The van der Waals surface area contributed by atoms with Crippen LogP contribution in [0.3, 0.4) is 0 Å². The molecule has 0 bridgehead atoms. The van der Waals surface area contributed by atoms with Crippen LogP contribution >= 0.6 is 24.8 Å². The highest BCUT2D eigenvalue weighted by Gasteiger charge is 2.36. The molecule has 2 aliphatic heterocycles. The number of nitrogens with one attached hydrogen (secondary N) is 1. The number of piperidine rings is 2. The molecular formula is C26H30Cl2N8. The fourth-order valence-electron chi connectivity index (χ4n) is 5.65. The van der Waals surface area contributed by atoms with Gasteiger partial charge < -0.3 is 10.2 Å². The number of fused-ring (bicyclic) bond motifs is 1. The monoisotopic (exact) mass is 524 g/mol. The highest BCUT2D eigenvalue weighted by molar-refractivity contribution is 5.87. The Hall–Kier alpha value is -3.12. The molecule has 0 atom stereocenters. The van der Waals surface area contributed by atoms with E-state index in [9.17, 15) is 5.26 Å². The minimum absolute atomic E-state index is 0. The lowest BCUT2D eigenvalue weighted by Crippen LogP contribution is -2.48. The normalized spacial score (nSPS) is 16.8. The van der Waals surface area contributed by atoms with Gasteiger partial charge in [-0.1, -0.05) is 0 Å². The second-order valence-corrected chi connectivity index (χ2v) is 9.69. The van der Waals surface area contributed by atoms with Crippen molar-refractivity contribution in [2.75, 3.05) is 31.1 Å². The Morgan fingerprint density at radius 3 is 2.50 bits per heavy atom. The summed E-state index contributed by atoms with van der Waals surface area (Å²) < 4.78 is 3.57. The summed E-state index contributed by atoms with van der Waals surface area (Å²) in [5, 5.41) is 21.9. The summed E-state index contributed by atoms with van der Waals surface area (Å²) in [6, 6.07) is 8.65. The quantitative estimate of drug-likeness (QED) is 0.425. The average molecular weight is 525 g/mol. The molecule has 6 heterocycles. The molecule has 0 amide bonds. The van der Waals surface area contributed by atoms with Crippen LogP contribution in [0.25, 0.3) is 27.8 Å². The lowest BCUT2D eigenvalue weighted by Gasteiger charge is -2.45. The number of aromatic nitrogens is 5. The Bertz CT molecular complexity index is 1370. The van der Waals surface area contributed by atoms with E-state index in [1.54, 1.807) is 15.4 Å². The van der Waals surface area contributed by atoms with Gasteiger partial charge in [0.2, 0.25) is 0 Å². The van der Waals surface area contributed by atoms with Crippen LogP contribution in [-0.4, -0.2) is 50.6 Å². The number of rotatable bonds is 3. The van der Waals surface area contributed by atoms with E-state index < -0.39 is 0 Å². The number of aryl methyl sites for hydroxylation is 1. The Morgan fingerprint density at radius 2 is 1.81 bits per heavy atom. The van der Waals surface area contributed by atoms with E-state index in [0.29, 0.717) is 11.0 Å². The van der Waals surface area contributed by atoms with Gasteiger partial charge in [0, 0.05) is 61.0 Å². The van der Waals surface area contributed by atoms with Crippen LogP contribution in [0.4, 0.5) is 5.82 Å². The highest BCUT2D eigenvalue weighted by Crippen LogP contribution is 2.39.